The summed E-state index contributed by atoms with van der Waals surface area (Å²) in [4.78, 5) is 11.9. The molecule has 1 amide bonds. The number of hydrogen-bond donors (Lipinski definition) is 1. The number of hydrogen-bond acceptors (Lipinski definition) is 2. The van der Waals surface area contributed by atoms with Crippen LogP contribution in [0.15, 0.2) is 53.0 Å². The molecule has 0 saturated heterocycles. The molecule has 1 N–H and O–H groups in total. The first-order valence-corrected chi connectivity index (χ1v) is 7.28. The maximum Gasteiger partial charge on any atom is 0.261 e. The van der Waals surface area contributed by atoms with Crippen molar-refractivity contribution in [3.05, 3.63) is 64.4 Å². The number of benzene rings is 2. The third-order valence-electron chi connectivity index (χ3n) is 2.88. The summed E-state index contributed by atoms with van der Waals surface area (Å²) >= 11 is 3.33. The highest BCUT2D eigenvalue weighted by Crippen LogP contribution is 2.17. The minimum absolute atomic E-state index is 0.220. The van der Waals surface area contributed by atoms with Crippen molar-refractivity contribution < 1.29 is 13.9 Å². The van der Waals surface area contributed by atoms with Crippen LogP contribution in [0.2, 0.25) is 0 Å². The van der Waals surface area contributed by atoms with E-state index in [2.05, 4.69) is 21.2 Å². The lowest BCUT2D eigenvalue weighted by Crippen LogP contribution is -2.35. The molecule has 0 aliphatic rings. The second-order valence-electron chi connectivity index (χ2n) is 4.56. The molecule has 0 fully saturated rings. The van der Waals surface area contributed by atoms with Crippen LogP contribution < -0.4 is 10.1 Å². The molecule has 0 bridgehead atoms. The molecule has 0 aromatic heterocycles. The molecule has 21 heavy (non-hydrogen) atoms. The van der Waals surface area contributed by atoms with E-state index in [0.717, 1.165) is 10.0 Å². The van der Waals surface area contributed by atoms with E-state index in [1.54, 1.807) is 31.2 Å². The first-order valence-electron chi connectivity index (χ1n) is 6.49. The van der Waals surface area contributed by atoms with E-state index in [-0.39, 0.29) is 11.7 Å². The zero-order valence-corrected chi connectivity index (χ0v) is 13.1. The van der Waals surface area contributed by atoms with Crippen LogP contribution >= 0.6 is 15.9 Å². The molecule has 3 nitrogen and oxygen atoms in total. The average Bonchev–Trinajstić information content (AvgIpc) is 2.48. The van der Waals surface area contributed by atoms with Gasteiger partial charge in [-0.05, 0) is 48.9 Å². The van der Waals surface area contributed by atoms with Gasteiger partial charge in [0.25, 0.3) is 5.91 Å². The molecule has 2 aromatic rings. The summed E-state index contributed by atoms with van der Waals surface area (Å²) in [7, 11) is 0. The van der Waals surface area contributed by atoms with Gasteiger partial charge in [0, 0.05) is 11.0 Å². The Kier molecular flexibility index (Phi) is 5.33. The Hall–Kier alpha value is -1.88. The van der Waals surface area contributed by atoms with Crippen molar-refractivity contribution in [3.8, 4) is 5.75 Å². The summed E-state index contributed by atoms with van der Waals surface area (Å²) in [6, 6.07) is 13.3. The molecular formula is C16H15BrFNO2. The van der Waals surface area contributed by atoms with Crippen molar-refractivity contribution in [1.29, 1.82) is 0 Å². The highest BCUT2D eigenvalue weighted by molar-refractivity contribution is 9.10. The summed E-state index contributed by atoms with van der Waals surface area (Å²) in [5.41, 5.74) is 0.834. The second kappa shape index (κ2) is 7.22. The van der Waals surface area contributed by atoms with Crippen LogP contribution in [0.3, 0.4) is 0 Å². The Morgan fingerprint density at radius 1 is 1.19 bits per heavy atom. The number of rotatable bonds is 5. The van der Waals surface area contributed by atoms with Gasteiger partial charge >= 0.3 is 0 Å². The van der Waals surface area contributed by atoms with Gasteiger partial charge in [-0.3, -0.25) is 4.79 Å². The minimum atomic E-state index is -0.605. The van der Waals surface area contributed by atoms with E-state index in [4.69, 9.17) is 4.74 Å². The number of amides is 1. The topological polar surface area (TPSA) is 38.3 Å². The Morgan fingerprint density at radius 3 is 2.43 bits per heavy atom. The van der Waals surface area contributed by atoms with Crippen molar-refractivity contribution in [2.75, 3.05) is 0 Å². The second-order valence-corrected chi connectivity index (χ2v) is 5.47. The maximum atomic E-state index is 12.8. The molecule has 5 heteroatoms. The van der Waals surface area contributed by atoms with Gasteiger partial charge in [-0.15, -0.1) is 0 Å². The summed E-state index contributed by atoms with van der Waals surface area (Å²) in [5, 5.41) is 2.75. The molecule has 2 aromatic carbocycles. The third-order valence-corrected chi connectivity index (χ3v) is 3.40. The van der Waals surface area contributed by atoms with Gasteiger partial charge in [0.1, 0.15) is 11.6 Å². The predicted octanol–water partition coefficient (Wildman–Crippen LogP) is 3.67. The van der Waals surface area contributed by atoms with Crippen LogP contribution in [-0.4, -0.2) is 12.0 Å². The Balaban J connectivity index is 1.84. The van der Waals surface area contributed by atoms with Gasteiger partial charge in [-0.2, -0.15) is 0 Å². The van der Waals surface area contributed by atoms with Crippen molar-refractivity contribution in [2.45, 2.75) is 19.6 Å². The summed E-state index contributed by atoms with van der Waals surface area (Å²) in [5.74, 6) is 0.113. The lowest BCUT2D eigenvalue weighted by atomic mass is 10.2. The van der Waals surface area contributed by atoms with Crippen molar-refractivity contribution in [1.82, 2.24) is 5.32 Å². The van der Waals surface area contributed by atoms with Gasteiger partial charge < -0.3 is 10.1 Å². The first-order chi connectivity index (χ1) is 10.0. The maximum absolute atomic E-state index is 12.8. The highest BCUT2D eigenvalue weighted by atomic mass is 79.9. The lowest BCUT2D eigenvalue weighted by molar-refractivity contribution is -0.127. The molecule has 0 spiro atoms. The van der Waals surface area contributed by atoms with Crippen molar-refractivity contribution in [3.63, 3.8) is 0 Å². The van der Waals surface area contributed by atoms with Crippen molar-refractivity contribution in [2.24, 2.45) is 0 Å². The van der Waals surface area contributed by atoms with Gasteiger partial charge in [-0.25, -0.2) is 4.39 Å². The minimum Gasteiger partial charge on any atom is -0.481 e. The molecule has 0 saturated carbocycles. The van der Waals surface area contributed by atoms with Crippen LogP contribution in [0, 0.1) is 5.82 Å². The van der Waals surface area contributed by atoms with Gasteiger partial charge in [0.15, 0.2) is 6.10 Å². The SMILES string of the molecule is C[C@H](Oc1ccc(Br)cc1)C(=O)NCc1ccc(F)cc1. The normalized spacial score (nSPS) is 11.8. The molecular weight excluding hydrogens is 337 g/mol. The van der Waals surface area contributed by atoms with Crippen molar-refractivity contribution >= 4 is 21.8 Å². The quantitative estimate of drug-likeness (QED) is 0.892. The fourth-order valence-electron chi connectivity index (χ4n) is 1.71. The molecule has 0 aliphatic heterocycles. The van der Waals surface area contributed by atoms with E-state index in [1.165, 1.54) is 12.1 Å². The van der Waals surface area contributed by atoms with Crippen LogP contribution in [0.5, 0.6) is 5.75 Å². The molecule has 0 aliphatic carbocycles. The number of carbonyl (C=O) groups excluding carboxylic acids is 1. The fourth-order valence-corrected chi connectivity index (χ4v) is 1.97. The predicted molar refractivity (Wildman–Crippen MR) is 82.5 cm³/mol. The average molecular weight is 352 g/mol. The monoisotopic (exact) mass is 351 g/mol. The molecule has 2 rings (SSSR count). The van der Waals surface area contributed by atoms with E-state index < -0.39 is 6.10 Å². The molecule has 0 radical (unpaired) electrons. The highest BCUT2D eigenvalue weighted by Gasteiger charge is 2.14. The Labute approximate surface area is 131 Å². The number of ether oxygens (including phenoxy) is 1. The Bertz CT molecular complexity index is 599. The third kappa shape index (κ3) is 4.86. The fraction of sp³-hybridized carbons (Fsp3) is 0.188. The number of carbonyl (C=O) groups is 1. The van der Waals surface area contributed by atoms with E-state index in [1.807, 2.05) is 12.1 Å². The zero-order valence-electron chi connectivity index (χ0n) is 11.5. The Morgan fingerprint density at radius 2 is 1.81 bits per heavy atom. The first kappa shape index (κ1) is 15.5. The van der Waals surface area contributed by atoms with Crippen LogP contribution in [0.1, 0.15) is 12.5 Å². The van der Waals surface area contributed by atoms with Crippen LogP contribution in [-0.2, 0) is 11.3 Å². The molecule has 0 heterocycles. The van der Waals surface area contributed by atoms with Gasteiger partial charge in [-0.1, -0.05) is 28.1 Å². The molecule has 1 atom stereocenters. The standard InChI is InChI=1S/C16H15BrFNO2/c1-11(21-15-8-4-13(17)5-9-15)16(20)19-10-12-2-6-14(18)7-3-12/h2-9,11H,10H2,1H3,(H,19,20)/t11-/m0/s1. The largest absolute Gasteiger partial charge is 0.481 e. The summed E-state index contributed by atoms with van der Waals surface area (Å²) in [6.45, 7) is 2.02. The molecule has 110 valence electrons. The van der Waals surface area contributed by atoms with E-state index >= 15 is 0 Å². The van der Waals surface area contributed by atoms with Gasteiger partial charge in [0.2, 0.25) is 0 Å². The number of halogens is 2. The molecule has 0 unspecified atom stereocenters. The summed E-state index contributed by atoms with van der Waals surface area (Å²) < 4.78 is 19.3. The van der Waals surface area contributed by atoms with Crippen LogP contribution in [0.4, 0.5) is 4.39 Å². The summed E-state index contributed by atoms with van der Waals surface area (Å²) in [6.07, 6.45) is -0.605. The lowest BCUT2D eigenvalue weighted by Gasteiger charge is -2.14. The zero-order chi connectivity index (χ0) is 15.2. The number of nitrogens with one attached hydrogen (secondary N) is 1. The van der Waals surface area contributed by atoms with E-state index in [9.17, 15) is 9.18 Å². The van der Waals surface area contributed by atoms with Gasteiger partial charge in [0.05, 0.1) is 0 Å². The van der Waals surface area contributed by atoms with Crippen LogP contribution in [0.25, 0.3) is 0 Å². The smallest absolute Gasteiger partial charge is 0.261 e. The van der Waals surface area contributed by atoms with E-state index in [0.29, 0.717) is 12.3 Å².